The third kappa shape index (κ3) is 1.99. The first kappa shape index (κ1) is 10.3. The summed E-state index contributed by atoms with van der Waals surface area (Å²) in [5.74, 6) is 0.880. The lowest BCUT2D eigenvalue weighted by Crippen LogP contribution is -2.43. The molecule has 88 valence electrons. The van der Waals surface area contributed by atoms with Crippen molar-refractivity contribution in [3.8, 4) is 0 Å². The Bertz CT molecular complexity index is 360. The van der Waals surface area contributed by atoms with Gasteiger partial charge in [0.2, 0.25) is 0 Å². The number of likely N-dealkylation sites (tertiary alicyclic amines) is 1. The predicted molar refractivity (Wildman–Crippen MR) is 63.0 cm³/mol. The Hall–Kier alpha value is -0.870. The topological polar surface area (TPSA) is 33.1 Å². The molecule has 1 aromatic rings. The molecular formula is C12H20N4. The summed E-state index contributed by atoms with van der Waals surface area (Å²) in [6, 6.07) is 0.796. The van der Waals surface area contributed by atoms with Crippen LogP contribution in [0.3, 0.4) is 0 Å². The Labute approximate surface area is 96.6 Å². The molecule has 4 heteroatoms. The van der Waals surface area contributed by atoms with Gasteiger partial charge in [0.05, 0.1) is 6.20 Å². The van der Waals surface area contributed by atoms with Crippen molar-refractivity contribution >= 4 is 0 Å². The average molecular weight is 220 g/mol. The maximum atomic E-state index is 4.23. The van der Waals surface area contributed by atoms with E-state index in [2.05, 4.69) is 21.5 Å². The lowest BCUT2D eigenvalue weighted by atomic mass is 9.93. The van der Waals surface area contributed by atoms with Crippen molar-refractivity contribution in [3.05, 3.63) is 18.0 Å². The van der Waals surface area contributed by atoms with E-state index in [4.69, 9.17) is 0 Å². The lowest BCUT2D eigenvalue weighted by Gasteiger charge is -2.34. The highest BCUT2D eigenvalue weighted by atomic mass is 15.2. The maximum absolute atomic E-state index is 4.23. The minimum absolute atomic E-state index is 0.796. The van der Waals surface area contributed by atoms with Crippen molar-refractivity contribution in [1.82, 2.24) is 20.0 Å². The highest BCUT2D eigenvalue weighted by molar-refractivity contribution is 5.04. The van der Waals surface area contributed by atoms with Gasteiger partial charge in [-0.2, -0.15) is 5.10 Å². The van der Waals surface area contributed by atoms with Gasteiger partial charge in [-0.25, -0.2) is 0 Å². The van der Waals surface area contributed by atoms with Crippen molar-refractivity contribution in [2.45, 2.75) is 25.4 Å². The summed E-state index contributed by atoms with van der Waals surface area (Å²) in [6.45, 7) is 4.77. The number of nitrogens with one attached hydrogen (secondary N) is 1. The zero-order chi connectivity index (χ0) is 11.0. The molecule has 2 saturated heterocycles. The standard InChI is InChI=1S/C12H20N4/c1-15-7-10(6-14-15)8-16-5-3-12-11(9-16)2-4-13-12/h6-7,11-13H,2-5,8-9H2,1H3. The minimum atomic E-state index is 0.796. The van der Waals surface area contributed by atoms with Crippen LogP contribution in [0.25, 0.3) is 0 Å². The van der Waals surface area contributed by atoms with Gasteiger partial charge in [0, 0.05) is 37.9 Å². The van der Waals surface area contributed by atoms with Gasteiger partial charge >= 0.3 is 0 Å². The van der Waals surface area contributed by atoms with E-state index in [0.717, 1.165) is 18.5 Å². The third-order valence-electron chi connectivity index (χ3n) is 3.90. The molecule has 1 N–H and O–H groups in total. The molecule has 0 aliphatic carbocycles. The van der Waals surface area contributed by atoms with Crippen LogP contribution >= 0.6 is 0 Å². The number of aromatic nitrogens is 2. The van der Waals surface area contributed by atoms with Gasteiger partial charge in [-0.3, -0.25) is 9.58 Å². The molecule has 16 heavy (non-hydrogen) atoms. The van der Waals surface area contributed by atoms with Gasteiger partial charge in [0.15, 0.2) is 0 Å². The molecule has 2 unspecified atom stereocenters. The van der Waals surface area contributed by atoms with Gasteiger partial charge in [-0.05, 0) is 31.8 Å². The van der Waals surface area contributed by atoms with Crippen LogP contribution in [-0.2, 0) is 13.6 Å². The van der Waals surface area contributed by atoms with E-state index in [1.165, 1.54) is 38.0 Å². The summed E-state index contributed by atoms with van der Waals surface area (Å²) in [4.78, 5) is 2.57. The Balaban J connectivity index is 1.60. The zero-order valence-corrected chi connectivity index (χ0v) is 9.89. The first-order chi connectivity index (χ1) is 7.81. The monoisotopic (exact) mass is 220 g/mol. The normalized spacial score (nSPS) is 30.6. The quantitative estimate of drug-likeness (QED) is 0.792. The van der Waals surface area contributed by atoms with E-state index in [1.54, 1.807) is 0 Å². The second kappa shape index (κ2) is 4.18. The molecule has 4 nitrogen and oxygen atoms in total. The van der Waals surface area contributed by atoms with Gasteiger partial charge in [0.25, 0.3) is 0 Å². The fourth-order valence-corrected chi connectivity index (χ4v) is 3.08. The molecule has 2 aliphatic rings. The van der Waals surface area contributed by atoms with Crippen LogP contribution < -0.4 is 5.32 Å². The van der Waals surface area contributed by atoms with Crippen LogP contribution in [0.1, 0.15) is 18.4 Å². The zero-order valence-electron chi connectivity index (χ0n) is 9.89. The lowest BCUT2D eigenvalue weighted by molar-refractivity contribution is 0.156. The smallest absolute Gasteiger partial charge is 0.0534 e. The number of piperidine rings is 1. The van der Waals surface area contributed by atoms with Crippen LogP contribution in [0, 0.1) is 5.92 Å². The number of aryl methyl sites for hydroxylation is 1. The molecule has 0 radical (unpaired) electrons. The van der Waals surface area contributed by atoms with Crippen molar-refractivity contribution in [1.29, 1.82) is 0 Å². The van der Waals surface area contributed by atoms with Crippen molar-refractivity contribution in [2.24, 2.45) is 13.0 Å². The molecule has 1 aromatic heterocycles. The third-order valence-corrected chi connectivity index (χ3v) is 3.90. The molecule has 2 fully saturated rings. The SMILES string of the molecule is Cn1cc(CN2CCC3NCCC3C2)cn1. The number of rotatable bonds is 2. The predicted octanol–water partition coefficient (Wildman–Crippen LogP) is 0.604. The molecule has 0 saturated carbocycles. The Morgan fingerprint density at radius 2 is 2.44 bits per heavy atom. The molecule has 0 bridgehead atoms. The van der Waals surface area contributed by atoms with E-state index in [-0.39, 0.29) is 0 Å². The Morgan fingerprint density at radius 1 is 1.50 bits per heavy atom. The summed E-state index contributed by atoms with van der Waals surface area (Å²) in [7, 11) is 1.98. The van der Waals surface area contributed by atoms with Crippen LogP contribution in [0.5, 0.6) is 0 Å². The van der Waals surface area contributed by atoms with Crippen LogP contribution in [0.2, 0.25) is 0 Å². The second-order valence-corrected chi connectivity index (χ2v) is 5.16. The molecular weight excluding hydrogens is 200 g/mol. The molecule has 2 atom stereocenters. The van der Waals surface area contributed by atoms with Crippen molar-refractivity contribution in [2.75, 3.05) is 19.6 Å². The summed E-state index contributed by atoms with van der Waals surface area (Å²) in [6.07, 6.45) is 6.77. The molecule has 0 aromatic carbocycles. The number of hydrogen-bond donors (Lipinski definition) is 1. The number of nitrogens with zero attached hydrogens (tertiary/aromatic N) is 3. The van der Waals surface area contributed by atoms with Crippen molar-refractivity contribution in [3.63, 3.8) is 0 Å². The molecule has 0 spiro atoms. The summed E-state index contributed by atoms with van der Waals surface area (Å²) >= 11 is 0. The highest BCUT2D eigenvalue weighted by Crippen LogP contribution is 2.25. The van der Waals surface area contributed by atoms with Crippen LogP contribution in [-0.4, -0.2) is 40.4 Å². The highest BCUT2D eigenvalue weighted by Gasteiger charge is 2.32. The maximum Gasteiger partial charge on any atom is 0.0534 e. The summed E-state index contributed by atoms with van der Waals surface area (Å²) < 4.78 is 1.89. The van der Waals surface area contributed by atoms with Gasteiger partial charge in [-0.15, -0.1) is 0 Å². The van der Waals surface area contributed by atoms with Gasteiger partial charge in [-0.1, -0.05) is 0 Å². The first-order valence-corrected chi connectivity index (χ1v) is 6.24. The van der Waals surface area contributed by atoms with Crippen LogP contribution in [0.15, 0.2) is 12.4 Å². The average Bonchev–Trinajstić information content (AvgIpc) is 2.87. The minimum Gasteiger partial charge on any atom is -0.314 e. The Kier molecular flexibility index (Phi) is 2.69. The molecule has 3 rings (SSSR count). The fraction of sp³-hybridized carbons (Fsp3) is 0.750. The molecule has 0 amide bonds. The van der Waals surface area contributed by atoms with Crippen LogP contribution in [0.4, 0.5) is 0 Å². The number of hydrogen-bond acceptors (Lipinski definition) is 3. The molecule has 3 heterocycles. The van der Waals surface area contributed by atoms with E-state index in [9.17, 15) is 0 Å². The van der Waals surface area contributed by atoms with E-state index < -0.39 is 0 Å². The first-order valence-electron chi connectivity index (χ1n) is 6.24. The van der Waals surface area contributed by atoms with Crippen molar-refractivity contribution < 1.29 is 0 Å². The molecule has 2 aliphatic heterocycles. The van der Waals surface area contributed by atoms with E-state index in [0.29, 0.717) is 0 Å². The number of fused-ring (bicyclic) bond motifs is 1. The van der Waals surface area contributed by atoms with E-state index >= 15 is 0 Å². The van der Waals surface area contributed by atoms with E-state index in [1.807, 2.05) is 17.9 Å². The summed E-state index contributed by atoms with van der Waals surface area (Å²) in [5.41, 5.74) is 1.34. The second-order valence-electron chi connectivity index (χ2n) is 5.16. The largest absolute Gasteiger partial charge is 0.314 e. The fourth-order valence-electron chi connectivity index (χ4n) is 3.08. The Morgan fingerprint density at radius 3 is 3.25 bits per heavy atom. The van der Waals surface area contributed by atoms with Gasteiger partial charge < -0.3 is 5.32 Å². The summed E-state index contributed by atoms with van der Waals surface area (Å²) in [5, 5.41) is 7.83. The van der Waals surface area contributed by atoms with Gasteiger partial charge in [0.1, 0.15) is 0 Å².